The Hall–Kier alpha value is -4.54. The van der Waals surface area contributed by atoms with Gasteiger partial charge in [0, 0.05) is 30.3 Å². The van der Waals surface area contributed by atoms with E-state index < -0.39 is 5.41 Å². The maximum atomic E-state index is 17.6. The third-order valence-corrected chi connectivity index (χ3v) is 18.8. The molecule has 10 heteroatoms. The Morgan fingerprint density at radius 1 is 0.667 bits per heavy atom. The summed E-state index contributed by atoms with van der Waals surface area (Å²) in [6, 6.07) is 21.1. The lowest BCUT2D eigenvalue weighted by Crippen LogP contribution is -2.70. The van der Waals surface area contributed by atoms with Gasteiger partial charge in [-0.3, -0.25) is 14.5 Å². The number of aromatic nitrogens is 2. The average molecular weight is 933 g/mol. The number of pyridine rings is 2. The fourth-order valence-electron chi connectivity index (χ4n) is 17.0. The van der Waals surface area contributed by atoms with Gasteiger partial charge in [0.25, 0.3) is 0 Å². The highest BCUT2D eigenvalue weighted by atomic mass is 16.2. The lowest BCUT2D eigenvalue weighted by Gasteiger charge is -2.72. The van der Waals surface area contributed by atoms with Crippen LogP contribution in [0.5, 0.6) is 0 Å². The van der Waals surface area contributed by atoms with Gasteiger partial charge in [-0.2, -0.15) is 0 Å². The number of carbonyl (C=O) groups is 2. The first kappa shape index (κ1) is 46.8. The zero-order valence-corrected chi connectivity index (χ0v) is 41.8. The number of anilines is 4. The number of fused-ring (bicyclic) bond motifs is 2. The number of nitrogens with one attached hydrogen (secondary N) is 4. The van der Waals surface area contributed by atoms with Crippen LogP contribution in [-0.2, 0) is 9.59 Å². The molecule has 368 valence electrons. The number of primary amides is 1. The molecule has 6 N–H and O–H groups in total. The molecule has 2 aromatic carbocycles. The van der Waals surface area contributed by atoms with Crippen molar-refractivity contribution in [2.45, 2.75) is 129 Å². The second-order valence-corrected chi connectivity index (χ2v) is 24.2. The first-order chi connectivity index (χ1) is 33.6. The predicted octanol–water partition coefficient (Wildman–Crippen LogP) is 11.5. The molecule has 2 amide bonds. The molecule has 1 unspecified atom stereocenters. The topological polar surface area (TPSA) is 137 Å². The Labute approximate surface area is 411 Å². The minimum absolute atomic E-state index is 0.0975. The number of hydrogen-bond donors (Lipinski definition) is 5. The summed E-state index contributed by atoms with van der Waals surface area (Å²) >= 11 is 0. The van der Waals surface area contributed by atoms with Crippen LogP contribution in [0.2, 0.25) is 0 Å². The molecule has 8 bridgehead atoms. The van der Waals surface area contributed by atoms with Gasteiger partial charge >= 0.3 is 0 Å². The molecule has 0 saturated heterocycles. The van der Waals surface area contributed by atoms with Crippen molar-refractivity contribution < 1.29 is 9.59 Å². The quantitative estimate of drug-likeness (QED) is 0.0411. The molecule has 2 heterocycles. The summed E-state index contributed by atoms with van der Waals surface area (Å²) in [7, 11) is 0. The van der Waals surface area contributed by atoms with E-state index >= 15 is 4.79 Å². The van der Waals surface area contributed by atoms with Crippen molar-refractivity contribution in [2.75, 3.05) is 54.8 Å². The van der Waals surface area contributed by atoms with Gasteiger partial charge < -0.3 is 27.0 Å². The maximum absolute atomic E-state index is 17.6. The number of benzene rings is 2. The molecule has 13 rings (SSSR count). The summed E-state index contributed by atoms with van der Waals surface area (Å²) in [6.45, 7) is 10.1. The Balaban J connectivity index is 0.994. The number of carbonyl (C=O) groups excluding carboxylic acids is 2. The van der Waals surface area contributed by atoms with Crippen LogP contribution in [-0.4, -0.2) is 61.1 Å². The van der Waals surface area contributed by atoms with E-state index in [1.165, 1.54) is 57.8 Å². The minimum atomic E-state index is -0.947. The molecule has 0 radical (unpaired) electrons. The van der Waals surface area contributed by atoms with E-state index in [1.807, 2.05) is 0 Å². The summed E-state index contributed by atoms with van der Waals surface area (Å²) in [6.07, 6.45) is 24.2. The summed E-state index contributed by atoms with van der Waals surface area (Å²) in [4.78, 5) is 44.4. The zero-order chi connectivity index (χ0) is 47.2. The average Bonchev–Trinajstić information content (AvgIpc) is 3.32. The molecule has 2 aromatic heterocycles. The number of rotatable bonds is 21. The van der Waals surface area contributed by atoms with E-state index in [0.717, 1.165) is 141 Å². The molecule has 0 spiro atoms. The summed E-state index contributed by atoms with van der Waals surface area (Å²) in [5.74, 6) is 6.45. The standard InChI is InChI=1S/C59H80N8O2/c1-39(2)37-61-20-8-22-63-54-18-16-47-49(65-54)12-6-14-51(47)67(52-15-7-13-50-48(52)17-19-55(66-50)64-23-9-21-62-38-40-10-4-3-5-11-40)56(69)59(36-53(60)68,57-30-41-24-42(31-57)26-43(25-41)32-57)58-33-44-27-45(34-58)29-46(28-44)35-58/h3-4,6-7,12-19,39-46,61-62H,5,8-11,20-38H2,1-2H3,(H2,60,68)(H,63,65)(H,64,66). The second kappa shape index (κ2) is 19.6. The highest BCUT2D eigenvalue weighted by Crippen LogP contribution is 2.77. The van der Waals surface area contributed by atoms with Crippen molar-refractivity contribution >= 4 is 56.6 Å². The maximum Gasteiger partial charge on any atom is 0.239 e. The molecular weight excluding hydrogens is 853 g/mol. The van der Waals surface area contributed by atoms with Gasteiger partial charge in [-0.25, -0.2) is 9.97 Å². The molecular formula is C59H80N8O2. The molecule has 1 atom stereocenters. The van der Waals surface area contributed by atoms with Gasteiger partial charge in [0.2, 0.25) is 11.8 Å². The molecule has 0 aliphatic heterocycles. The monoisotopic (exact) mass is 933 g/mol. The van der Waals surface area contributed by atoms with Gasteiger partial charge in [0.1, 0.15) is 11.6 Å². The Bertz CT molecular complexity index is 2420. The van der Waals surface area contributed by atoms with E-state index in [2.05, 4.69) is 113 Å². The fraction of sp³-hybridized carbons (Fsp3) is 0.627. The van der Waals surface area contributed by atoms with E-state index in [1.54, 1.807) is 0 Å². The van der Waals surface area contributed by atoms with Gasteiger partial charge in [0.05, 0.1) is 27.8 Å². The molecule has 9 aliphatic carbocycles. The lowest BCUT2D eigenvalue weighted by atomic mass is 9.32. The summed E-state index contributed by atoms with van der Waals surface area (Å²) in [5, 5.41) is 16.3. The third-order valence-electron chi connectivity index (χ3n) is 18.8. The summed E-state index contributed by atoms with van der Waals surface area (Å²) in [5.41, 5.74) is 8.48. The van der Waals surface area contributed by atoms with Crippen molar-refractivity contribution in [3.63, 3.8) is 0 Å². The Morgan fingerprint density at radius 2 is 1.16 bits per heavy atom. The van der Waals surface area contributed by atoms with E-state index in [0.29, 0.717) is 41.4 Å². The van der Waals surface area contributed by atoms with E-state index in [4.69, 9.17) is 15.7 Å². The van der Waals surface area contributed by atoms with Crippen LogP contribution in [0.4, 0.5) is 23.0 Å². The lowest BCUT2D eigenvalue weighted by molar-refractivity contribution is -0.226. The number of allylic oxidation sites excluding steroid dienone is 2. The largest absolute Gasteiger partial charge is 0.370 e. The van der Waals surface area contributed by atoms with E-state index in [9.17, 15) is 4.79 Å². The fourth-order valence-corrected chi connectivity index (χ4v) is 17.0. The SMILES string of the molecule is CC(C)CNCCCNc1ccc2c(N(C(=O)C(CC(N)=O)(C34CC5CC(CC(C5)C3)C4)C34CC5CC(CC(C5)C3)C4)c3cccc4nc(NCCCNCC5CC=CCC5)ccc34)cccc2n1. The number of nitrogens with zero attached hydrogens (tertiary/aromatic N) is 3. The number of hydrogen-bond acceptors (Lipinski definition) is 8. The highest BCUT2D eigenvalue weighted by molar-refractivity contribution is 6.15. The van der Waals surface area contributed by atoms with Crippen molar-refractivity contribution in [3.05, 3.63) is 72.8 Å². The molecule has 8 saturated carbocycles. The molecule has 10 nitrogen and oxygen atoms in total. The van der Waals surface area contributed by atoms with Crippen molar-refractivity contribution in [3.8, 4) is 0 Å². The van der Waals surface area contributed by atoms with Crippen LogP contribution in [0.15, 0.2) is 72.8 Å². The van der Waals surface area contributed by atoms with Crippen LogP contribution < -0.4 is 31.9 Å². The number of nitrogens with two attached hydrogens (primary N) is 1. The normalized spacial score (nSPS) is 30.6. The minimum Gasteiger partial charge on any atom is -0.370 e. The van der Waals surface area contributed by atoms with Crippen LogP contribution in [0.25, 0.3) is 21.8 Å². The number of amides is 2. The molecule has 69 heavy (non-hydrogen) atoms. The second-order valence-electron chi connectivity index (χ2n) is 24.2. The third kappa shape index (κ3) is 9.08. The van der Waals surface area contributed by atoms with Crippen LogP contribution in [0, 0.1) is 63.6 Å². The van der Waals surface area contributed by atoms with Crippen LogP contribution in [0.1, 0.15) is 129 Å². The van der Waals surface area contributed by atoms with Gasteiger partial charge in [0.15, 0.2) is 0 Å². The molecule has 4 aromatic rings. The first-order valence-corrected chi connectivity index (χ1v) is 27.6. The Kier molecular flexibility index (Phi) is 13.3. The first-order valence-electron chi connectivity index (χ1n) is 27.6. The van der Waals surface area contributed by atoms with Crippen LogP contribution >= 0.6 is 0 Å². The van der Waals surface area contributed by atoms with Crippen molar-refractivity contribution in [2.24, 2.45) is 69.3 Å². The predicted molar refractivity (Wildman–Crippen MR) is 281 cm³/mol. The summed E-state index contributed by atoms with van der Waals surface area (Å²) < 4.78 is 0. The Morgan fingerprint density at radius 3 is 1.61 bits per heavy atom. The molecule has 8 fully saturated rings. The zero-order valence-electron chi connectivity index (χ0n) is 41.8. The smallest absolute Gasteiger partial charge is 0.239 e. The van der Waals surface area contributed by atoms with Gasteiger partial charge in [-0.1, -0.05) is 38.1 Å². The highest BCUT2D eigenvalue weighted by Gasteiger charge is 2.74. The van der Waals surface area contributed by atoms with E-state index in [-0.39, 0.29) is 29.1 Å². The molecule has 9 aliphatic rings. The van der Waals surface area contributed by atoms with Gasteiger partial charge in [-0.15, -0.1) is 0 Å². The van der Waals surface area contributed by atoms with Crippen molar-refractivity contribution in [1.82, 2.24) is 20.6 Å². The van der Waals surface area contributed by atoms with Crippen molar-refractivity contribution in [1.29, 1.82) is 0 Å². The van der Waals surface area contributed by atoms with Gasteiger partial charge in [-0.05, 0) is 242 Å². The van der Waals surface area contributed by atoms with Crippen LogP contribution in [0.3, 0.4) is 0 Å².